The lowest BCUT2D eigenvalue weighted by Crippen LogP contribution is -2.23. The molecule has 0 saturated heterocycles. The summed E-state index contributed by atoms with van der Waals surface area (Å²) in [4.78, 5) is 13.8. The molecule has 0 radical (unpaired) electrons. The Labute approximate surface area is 124 Å². The number of carbonyl (C=O) groups excluding carboxylic acids is 1. The van der Waals surface area contributed by atoms with Crippen LogP contribution in [0.5, 0.6) is 11.5 Å². The summed E-state index contributed by atoms with van der Waals surface area (Å²) in [5, 5.41) is 3.21. The molecule has 1 rings (SSSR count). The van der Waals surface area contributed by atoms with Gasteiger partial charge in [-0.3, -0.25) is 4.79 Å². The van der Waals surface area contributed by atoms with Crippen LogP contribution in [0.15, 0.2) is 12.1 Å². The van der Waals surface area contributed by atoms with E-state index in [-0.39, 0.29) is 5.91 Å². The minimum Gasteiger partial charge on any atom is -0.493 e. The van der Waals surface area contributed by atoms with Crippen molar-refractivity contribution in [1.82, 2.24) is 4.90 Å². The molecule has 0 bridgehead atoms. The number of alkyl halides is 1. The minimum absolute atomic E-state index is 0.0978. The maximum atomic E-state index is 12.2. The molecule has 0 fully saturated rings. The first-order chi connectivity index (χ1) is 9.54. The molecule has 0 aromatic heterocycles. The summed E-state index contributed by atoms with van der Waals surface area (Å²) in [6.07, 6.45) is 0.811. The van der Waals surface area contributed by atoms with Crippen molar-refractivity contribution in [3.8, 4) is 11.5 Å². The number of anilines is 1. The Morgan fingerprint density at radius 1 is 1.25 bits per heavy atom. The molecule has 0 spiro atoms. The molecular weight excluding hydrogens is 280 g/mol. The first-order valence-corrected chi connectivity index (χ1v) is 6.86. The summed E-state index contributed by atoms with van der Waals surface area (Å²) >= 11 is 5.67. The molecule has 0 aliphatic rings. The van der Waals surface area contributed by atoms with Gasteiger partial charge in [0.05, 0.1) is 25.5 Å². The molecule has 0 aliphatic carbocycles. The van der Waals surface area contributed by atoms with Gasteiger partial charge in [0.25, 0.3) is 5.91 Å². The number of carbonyl (C=O) groups is 1. The predicted molar refractivity (Wildman–Crippen MR) is 81.4 cm³/mol. The van der Waals surface area contributed by atoms with Gasteiger partial charge < -0.3 is 19.7 Å². The van der Waals surface area contributed by atoms with Crippen LogP contribution >= 0.6 is 11.6 Å². The van der Waals surface area contributed by atoms with E-state index < -0.39 is 0 Å². The smallest absolute Gasteiger partial charge is 0.255 e. The third kappa shape index (κ3) is 3.93. The molecule has 0 unspecified atom stereocenters. The fourth-order valence-corrected chi connectivity index (χ4v) is 1.87. The van der Waals surface area contributed by atoms with Crippen molar-refractivity contribution < 1.29 is 14.3 Å². The highest BCUT2D eigenvalue weighted by molar-refractivity contribution is 6.17. The van der Waals surface area contributed by atoms with E-state index in [0.29, 0.717) is 35.2 Å². The summed E-state index contributed by atoms with van der Waals surface area (Å²) < 4.78 is 10.5. The molecule has 1 aromatic rings. The van der Waals surface area contributed by atoms with Crippen LogP contribution in [0.1, 0.15) is 16.8 Å². The lowest BCUT2D eigenvalue weighted by Gasteiger charge is -2.18. The molecule has 0 saturated carbocycles. The zero-order valence-electron chi connectivity index (χ0n) is 12.3. The number of halogens is 1. The van der Waals surface area contributed by atoms with Gasteiger partial charge in [-0.1, -0.05) is 0 Å². The Morgan fingerprint density at radius 3 is 2.35 bits per heavy atom. The lowest BCUT2D eigenvalue weighted by atomic mass is 10.1. The second-order valence-corrected chi connectivity index (χ2v) is 4.80. The second-order valence-electron chi connectivity index (χ2n) is 4.42. The summed E-state index contributed by atoms with van der Waals surface area (Å²) in [5.41, 5.74) is 1.26. The average molecular weight is 301 g/mol. The highest BCUT2D eigenvalue weighted by Crippen LogP contribution is 2.33. The summed E-state index contributed by atoms with van der Waals surface area (Å²) in [5.74, 6) is 1.58. The Bertz CT molecular complexity index is 464. The third-order valence-electron chi connectivity index (χ3n) is 2.79. The van der Waals surface area contributed by atoms with Gasteiger partial charge in [-0.2, -0.15) is 0 Å². The molecule has 1 amide bonds. The quantitative estimate of drug-likeness (QED) is 0.621. The van der Waals surface area contributed by atoms with Crippen LogP contribution in [0.3, 0.4) is 0 Å². The van der Waals surface area contributed by atoms with Gasteiger partial charge in [0.2, 0.25) is 0 Å². The Balaban J connectivity index is 3.18. The molecular formula is C14H21ClN2O3. The van der Waals surface area contributed by atoms with E-state index in [1.807, 2.05) is 0 Å². The van der Waals surface area contributed by atoms with Crippen LogP contribution in [-0.4, -0.2) is 51.5 Å². The van der Waals surface area contributed by atoms with Crippen LogP contribution in [-0.2, 0) is 0 Å². The first-order valence-electron chi connectivity index (χ1n) is 6.32. The highest BCUT2D eigenvalue weighted by atomic mass is 35.5. The van der Waals surface area contributed by atoms with Crippen molar-refractivity contribution in [2.75, 3.05) is 46.1 Å². The lowest BCUT2D eigenvalue weighted by molar-refractivity contribution is 0.0828. The number of hydrogen-bond acceptors (Lipinski definition) is 4. The maximum Gasteiger partial charge on any atom is 0.255 e. The molecule has 0 atom stereocenters. The third-order valence-corrected chi connectivity index (χ3v) is 3.05. The van der Waals surface area contributed by atoms with Gasteiger partial charge in [-0.05, 0) is 12.5 Å². The highest BCUT2D eigenvalue weighted by Gasteiger charge is 2.18. The van der Waals surface area contributed by atoms with Crippen molar-refractivity contribution in [1.29, 1.82) is 0 Å². The number of ether oxygens (including phenoxy) is 2. The molecule has 0 aliphatic heterocycles. The number of benzene rings is 1. The van der Waals surface area contributed by atoms with Crippen LogP contribution < -0.4 is 14.8 Å². The maximum absolute atomic E-state index is 12.2. The second kappa shape index (κ2) is 7.85. The minimum atomic E-state index is -0.0978. The van der Waals surface area contributed by atoms with Crippen molar-refractivity contribution in [3.05, 3.63) is 17.7 Å². The van der Waals surface area contributed by atoms with E-state index >= 15 is 0 Å². The van der Waals surface area contributed by atoms with Gasteiger partial charge in [0.1, 0.15) is 0 Å². The summed E-state index contributed by atoms with van der Waals surface area (Å²) in [6, 6.07) is 3.45. The number of nitrogens with zero attached hydrogens (tertiary/aromatic N) is 1. The van der Waals surface area contributed by atoms with E-state index in [4.69, 9.17) is 21.1 Å². The summed E-state index contributed by atoms with van der Waals surface area (Å²) in [6.45, 7) is 0.687. The molecule has 20 heavy (non-hydrogen) atoms. The molecule has 5 nitrogen and oxygen atoms in total. The Morgan fingerprint density at radius 2 is 1.85 bits per heavy atom. The fourth-order valence-electron chi connectivity index (χ4n) is 1.73. The molecule has 1 N–H and O–H groups in total. The SMILES string of the molecule is COc1cc(NCCCCl)c(C(=O)N(C)C)cc1OC. The molecule has 6 heteroatoms. The van der Waals surface area contributed by atoms with Crippen LogP contribution in [0.25, 0.3) is 0 Å². The van der Waals surface area contributed by atoms with E-state index in [1.165, 1.54) is 4.90 Å². The number of amides is 1. The van der Waals surface area contributed by atoms with Crippen molar-refractivity contribution in [2.45, 2.75) is 6.42 Å². The number of nitrogens with one attached hydrogen (secondary N) is 1. The molecule has 0 heterocycles. The van der Waals surface area contributed by atoms with E-state index in [9.17, 15) is 4.79 Å². The van der Waals surface area contributed by atoms with Gasteiger partial charge in [0.15, 0.2) is 11.5 Å². The van der Waals surface area contributed by atoms with Crippen LogP contribution in [0.4, 0.5) is 5.69 Å². The van der Waals surface area contributed by atoms with E-state index in [2.05, 4.69) is 5.32 Å². The van der Waals surface area contributed by atoms with Crippen molar-refractivity contribution in [2.24, 2.45) is 0 Å². The molecule has 1 aromatic carbocycles. The topological polar surface area (TPSA) is 50.8 Å². The standard InChI is InChI=1S/C14H21ClN2O3/c1-17(2)14(18)10-8-12(19-3)13(20-4)9-11(10)16-7-5-6-15/h8-9,16H,5-7H2,1-4H3. The van der Waals surface area contributed by atoms with Gasteiger partial charge in [0, 0.05) is 32.6 Å². The molecule has 112 valence electrons. The van der Waals surface area contributed by atoms with Gasteiger partial charge in [-0.25, -0.2) is 0 Å². The van der Waals surface area contributed by atoms with Crippen molar-refractivity contribution in [3.63, 3.8) is 0 Å². The number of methoxy groups -OCH3 is 2. The zero-order valence-corrected chi connectivity index (χ0v) is 13.1. The monoisotopic (exact) mass is 300 g/mol. The predicted octanol–water partition coefficient (Wildman–Crippen LogP) is 2.45. The number of rotatable bonds is 7. The van der Waals surface area contributed by atoms with Crippen LogP contribution in [0.2, 0.25) is 0 Å². The Kier molecular flexibility index (Phi) is 6.45. The van der Waals surface area contributed by atoms with E-state index in [0.717, 1.165) is 6.42 Å². The Hall–Kier alpha value is -1.62. The van der Waals surface area contributed by atoms with Gasteiger partial charge in [-0.15, -0.1) is 11.6 Å². The van der Waals surface area contributed by atoms with Crippen LogP contribution in [0, 0.1) is 0 Å². The number of hydrogen-bond donors (Lipinski definition) is 1. The zero-order chi connectivity index (χ0) is 15.1. The largest absolute Gasteiger partial charge is 0.493 e. The van der Waals surface area contributed by atoms with Gasteiger partial charge >= 0.3 is 0 Å². The fraction of sp³-hybridized carbons (Fsp3) is 0.500. The van der Waals surface area contributed by atoms with Crippen molar-refractivity contribution >= 4 is 23.2 Å². The summed E-state index contributed by atoms with van der Waals surface area (Å²) in [7, 11) is 6.53. The first kappa shape index (κ1) is 16.4. The average Bonchev–Trinajstić information content (AvgIpc) is 2.45. The normalized spacial score (nSPS) is 10.1. The van der Waals surface area contributed by atoms with E-state index in [1.54, 1.807) is 40.4 Å².